The summed E-state index contributed by atoms with van der Waals surface area (Å²) in [5.41, 5.74) is -0.474. The Morgan fingerprint density at radius 1 is 1.38 bits per heavy atom. The van der Waals surface area contributed by atoms with Crippen LogP contribution in [-0.4, -0.2) is 36.1 Å². The van der Waals surface area contributed by atoms with Gasteiger partial charge in [0.05, 0.1) is 23.6 Å². The minimum Gasteiger partial charge on any atom is -0.462 e. The molecule has 0 saturated carbocycles. The average molecular weight is 439 g/mol. The molecule has 0 aromatic heterocycles. The molecule has 4 atom stereocenters. The van der Waals surface area contributed by atoms with E-state index in [1.165, 1.54) is 11.8 Å². The van der Waals surface area contributed by atoms with Gasteiger partial charge in [-0.15, -0.1) is 0 Å². The number of halogens is 1. The molecule has 24 heavy (non-hydrogen) atoms. The Morgan fingerprint density at radius 3 is 2.88 bits per heavy atom. The molecule has 1 aromatic rings. The maximum Gasteiger partial charge on any atom is 0.302 e. The number of carbonyl (C=O) groups is 3. The minimum absolute atomic E-state index is 0.0598. The molecule has 2 amide bonds. The third-order valence-corrected chi connectivity index (χ3v) is 5.39. The summed E-state index contributed by atoms with van der Waals surface area (Å²) in [6.07, 6.45) is 3.09. The molecule has 2 bridgehead atoms. The molecular weight excluding hydrogens is 425 g/mol. The van der Waals surface area contributed by atoms with Crippen LogP contribution in [0.1, 0.15) is 6.92 Å². The summed E-state index contributed by atoms with van der Waals surface area (Å²) < 4.78 is 11.9. The fourth-order valence-electron chi connectivity index (χ4n) is 3.75. The lowest BCUT2D eigenvalue weighted by molar-refractivity contribution is -0.150. The minimum atomic E-state index is -1.04. The molecule has 124 valence electrons. The van der Waals surface area contributed by atoms with Gasteiger partial charge in [-0.3, -0.25) is 14.4 Å². The van der Waals surface area contributed by atoms with Crippen molar-refractivity contribution in [2.75, 3.05) is 11.5 Å². The molecule has 1 aromatic carbocycles. The van der Waals surface area contributed by atoms with Crippen molar-refractivity contribution in [3.8, 4) is 0 Å². The van der Waals surface area contributed by atoms with Crippen LogP contribution in [0.2, 0.25) is 0 Å². The Morgan fingerprint density at radius 2 is 2.17 bits per heavy atom. The van der Waals surface area contributed by atoms with Gasteiger partial charge in [0.1, 0.15) is 12.2 Å². The van der Waals surface area contributed by atoms with E-state index >= 15 is 0 Å². The molecule has 0 unspecified atom stereocenters. The van der Waals surface area contributed by atoms with Gasteiger partial charge >= 0.3 is 5.97 Å². The lowest BCUT2D eigenvalue weighted by Gasteiger charge is -2.28. The number of ether oxygens (including phenoxy) is 2. The SMILES string of the molecule is CC(=O)OC[C@@]12C=C[C@@H](O1)[C@H]1C(=O)N(c3cccc(I)c3)C(=O)[C@H]12. The van der Waals surface area contributed by atoms with Gasteiger partial charge < -0.3 is 9.47 Å². The van der Waals surface area contributed by atoms with E-state index < -0.39 is 29.5 Å². The van der Waals surface area contributed by atoms with E-state index in [1.807, 2.05) is 12.1 Å². The van der Waals surface area contributed by atoms with E-state index in [0.717, 1.165) is 3.57 Å². The number of fused-ring (bicyclic) bond motifs is 5. The number of amides is 2. The lowest BCUT2D eigenvalue weighted by Crippen LogP contribution is -2.44. The number of imide groups is 1. The molecule has 3 heterocycles. The third-order valence-electron chi connectivity index (χ3n) is 4.72. The quantitative estimate of drug-likeness (QED) is 0.310. The van der Waals surface area contributed by atoms with Crippen molar-refractivity contribution in [2.45, 2.75) is 18.6 Å². The van der Waals surface area contributed by atoms with E-state index in [9.17, 15) is 14.4 Å². The van der Waals surface area contributed by atoms with E-state index in [1.54, 1.807) is 24.3 Å². The zero-order valence-corrected chi connectivity index (χ0v) is 14.9. The number of nitrogens with zero attached hydrogens (tertiary/aromatic N) is 1. The Bertz CT molecular complexity index is 791. The van der Waals surface area contributed by atoms with Crippen LogP contribution in [-0.2, 0) is 23.9 Å². The van der Waals surface area contributed by atoms with Crippen molar-refractivity contribution in [1.29, 1.82) is 0 Å². The van der Waals surface area contributed by atoms with Crippen molar-refractivity contribution in [1.82, 2.24) is 0 Å². The Kier molecular flexibility index (Phi) is 3.54. The molecule has 0 spiro atoms. The second kappa shape index (κ2) is 5.38. The lowest BCUT2D eigenvalue weighted by atomic mass is 9.77. The molecule has 2 saturated heterocycles. The number of hydrogen-bond donors (Lipinski definition) is 0. The van der Waals surface area contributed by atoms with Crippen LogP contribution >= 0.6 is 22.6 Å². The molecule has 2 fully saturated rings. The van der Waals surface area contributed by atoms with E-state index in [0.29, 0.717) is 5.69 Å². The zero-order valence-electron chi connectivity index (χ0n) is 12.8. The summed E-state index contributed by atoms with van der Waals surface area (Å²) in [5, 5.41) is 0. The number of hydrogen-bond acceptors (Lipinski definition) is 5. The first-order valence-electron chi connectivity index (χ1n) is 7.57. The molecule has 4 rings (SSSR count). The van der Waals surface area contributed by atoms with Crippen LogP contribution in [0.5, 0.6) is 0 Å². The summed E-state index contributed by atoms with van der Waals surface area (Å²) in [6.45, 7) is 1.24. The Hall–Kier alpha value is -1.74. The van der Waals surface area contributed by atoms with Crippen LogP contribution in [0.4, 0.5) is 5.69 Å². The van der Waals surface area contributed by atoms with Crippen LogP contribution in [0.25, 0.3) is 0 Å². The molecule has 3 aliphatic heterocycles. The summed E-state index contributed by atoms with van der Waals surface area (Å²) in [4.78, 5) is 38.3. The van der Waals surface area contributed by atoms with Crippen molar-refractivity contribution >= 4 is 46.1 Å². The number of carbonyl (C=O) groups excluding carboxylic acids is 3. The number of anilines is 1. The van der Waals surface area contributed by atoms with Gasteiger partial charge in [-0.25, -0.2) is 4.90 Å². The van der Waals surface area contributed by atoms with Crippen molar-refractivity contribution in [3.05, 3.63) is 40.0 Å². The third kappa shape index (κ3) is 2.14. The molecule has 6 nitrogen and oxygen atoms in total. The van der Waals surface area contributed by atoms with E-state index in [-0.39, 0.29) is 18.4 Å². The second-order valence-corrected chi connectivity index (χ2v) is 7.42. The average Bonchev–Trinajstić information content (AvgIpc) is 3.16. The van der Waals surface area contributed by atoms with Gasteiger partial charge in [0.2, 0.25) is 11.8 Å². The standard InChI is InChI=1S/C17H14INO5/c1-9(20)23-8-17-6-5-12(24-17)13-14(17)16(22)19(15(13)21)11-4-2-3-10(18)7-11/h2-7,12-14H,8H2,1H3/t12-,13-,14+,17-/m1/s1. The molecule has 7 heteroatoms. The molecular formula is C17H14INO5. The maximum absolute atomic E-state index is 13.0. The first-order valence-corrected chi connectivity index (χ1v) is 8.65. The smallest absolute Gasteiger partial charge is 0.302 e. The predicted molar refractivity (Wildman–Crippen MR) is 92.0 cm³/mol. The molecule has 3 aliphatic rings. The second-order valence-electron chi connectivity index (χ2n) is 6.17. The van der Waals surface area contributed by atoms with Crippen molar-refractivity contribution in [2.24, 2.45) is 11.8 Å². The number of rotatable bonds is 3. The van der Waals surface area contributed by atoms with Gasteiger partial charge in [-0.05, 0) is 46.9 Å². The Balaban J connectivity index is 1.70. The fourth-order valence-corrected chi connectivity index (χ4v) is 4.28. The highest BCUT2D eigenvalue weighted by Crippen LogP contribution is 2.52. The molecule has 0 radical (unpaired) electrons. The topological polar surface area (TPSA) is 72.9 Å². The summed E-state index contributed by atoms with van der Waals surface area (Å²) in [5.74, 6) is -2.22. The first-order chi connectivity index (χ1) is 11.4. The monoisotopic (exact) mass is 439 g/mol. The number of benzene rings is 1. The highest BCUT2D eigenvalue weighted by molar-refractivity contribution is 14.1. The largest absolute Gasteiger partial charge is 0.462 e. The van der Waals surface area contributed by atoms with E-state index in [4.69, 9.17) is 9.47 Å². The van der Waals surface area contributed by atoms with Crippen molar-refractivity contribution < 1.29 is 23.9 Å². The van der Waals surface area contributed by atoms with Crippen LogP contribution < -0.4 is 4.90 Å². The molecule has 0 N–H and O–H groups in total. The van der Waals surface area contributed by atoms with Gasteiger partial charge in [0.25, 0.3) is 0 Å². The fraction of sp³-hybridized carbons (Fsp3) is 0.353. The van der Waals surface area contributed by atoms with Crippen molar-refractivity contribution in [3.63, 3.8) is 0 Å². The summed E-state index contributed by atoms with van der Waals surface area (Å²) >= 11 is 2.14. The number of esters is 1. The van der Waals surface area contributed by atoms with Crippen LogP contribution in [0.15, 0.2) is 36.4 Å². The summed E-state index contributed by atoms with van der Waals surface area (Å²) in [7, 11) is 0. The predicted octanol–water partition coefficient (Wildman–Crippen LogP) is 1.67. The van der Waals surface area contributed by atoms with Crippen LogP contribution in [0, 0.1) is 15.4 Å². The Labute approximate surface area is 151 Å². The highest BCUT2D eigenvalue weighted by atomic mass is 127. The normalized spacial score (nSPS) is 33.2. The highest BCUT2D eigenvalue weighted by Gasteiger charge is 2.68. The first kappa shape index (κ1) is 15.8. The van der Waals surface area contributed by atoms with Gasteiger partial charge in [0.15, 0.2) is 0 Å². The van der Waals surface area contributed by atoms with Gasteiger partial charge in [-0.1, -0.05) is 12.1 Å². The molecule has 0 aliphatic carbocycles. The maximum atomic E-state index is 13.0. The zero-order chi connectivity index (χ0) is 17.1. The van der Waals surface area contributed by atoms with E-state index in [2.05, 4.69) is 22.6 Å². The summed E-state index contributed by atoms with van der Waals surface area (Å²) in [6, 6.07) is 7.25. The van der Waals surface area contributed by atoms with Gasteiger partial charge in [0, 0.05) is 10.5 Å². The van der Waals surface area contributed by atoms with Crippen LogP contribution in [0.3, 0.4) is 0 Å². The van der Waals surface area contributed by atoms with Gasteiger partial charge in [-0.2, -0.15) is 0 Å².